The monoisotopic (exact) mass is 372 g/mol. The van der Waals surface area contributed by atoms with E-state index in [0.717, 1.165) is 5.56 Å². The molecule has 1 aromatic rings. The van der Waals surface area contributed by atoms with Crippen LogP contribution in [0.3, 0.4) is 0 Å². The molecule has 5 heterocycles. The first-order chi connectivity index (χ1) is 12.8. The van der Waals surface area contributed by atoms with Crippen LogP contribution in [-0.2, 0) is 23.8 Å². The quantitative estimate of drug-likeness (QED) is 0.591. The Morgan fingerprint density at radius 1 is 1.19 bits per heavy atom. The van der Waals surface area contributed by atoms with E-state index >= 15 is 0 Å². The molecule has 0 radical (unpaired) electrons. The van der Waals surface area contributed by atoms with Crippen molar-refractivity contribution in [3.8, 4) is 0 Å². The number of aliphatic hydroxyl groups is 1. The van der Waals surface area contributed by atoms with E-state index in [1.165, 1.54) is 0 Å². The summed E-state index contributed by atoms with van der Waals surface area (Å²) in [7, 11) is 0. The summed E-state index contributed by atoms with van der Waals surface area (Å²) in [6.07, 6.45) is 4.20. The summed E-state index contributed by atoms with van der Waals surface area (Å²) in [4.78, 5) is 25.4. The van der Waals surface area contributed by atoms with Gasteiger partial charge in [-0.25, -0.2) is 9.59 Å². The lowest BCUT2D eigenvalue weighted by Crippen LogP contribution is -2.75. The van der Waals surface area contributed by atoms with Crippen molar-refractivity contribution < 1.29 is 33.3 Å². The Hall–Kier alpha value is -2.12. The van der Waals surface area contributed by atoms with Gasteiger partial charge in [0.15, 0.2) is 5.60 Å². The Bertz CT molecular complexity index is 903. The highest BCUT2D eigenvalue weighted by atomic mass is 16.7. The molecule has 1 saturated carbocycles. The third-order valence-corrected chi connectivity index (χ3v) is 7.73. The maximum absolute atomic E-state index is 12.8. The van der Waals surface area contributed by atoms with Crippen LogP contribution in [0.15, 0.2) is 34.7 Å². The second kappa shape index (κ2) is 4.47. The van der Waals surface area contributed by atoms with Crippen LogP contribution in [-0.4, -0.2) is 41.0 Å². The number of rotatable bonds is 1. The summed E-state index contributed by atoms with van der Waals surface area (Å²) in [5, 5.41) is 11.4. The van der Waals surface area contributed by atoms with E-state index in [4.69, 9.17) is 18.6 Å². The van der Waals surface area contributed by atoms with Crippen LogP contribution < -0.4 is 0 Å². The molecule has 0 spiro atoms. The van der Waals surface area contributed by atoms with Crippen LogP contribution in [0.25, 0.3) is 0 Å². The number of carbonyl (C=O) groups excluding carboxylic acids is 2. The highest BCUT2D eigenvalue weighted by Crippen LogP contribution is 2.70. The average Bonchev–Trinajstić information content (AvgIpc) is 3.24. The number of cyclic esters (lactones) is 1. The number of furan rings is 1. The van der Waals surface area contributed by atoms with Gasteiger partial charge in [0.05, 0.1) is 12.5 Å². The Labute approximate surface area is 155 Å². The van der Waals surface area contributed by atoms with Gasteiger partial charge in [-0.1, -0.05) is 19.9 Å². The molecule has 1 N–H and O–H groups in total. The van der Waals surface area contributed by atoms with Crippen molar-refractivity contribution in [2.24, 2.45) is 16.7 Å². The van der Waals surface area contributed by atoms with E-state index in [-0.39, 0.29) is 18.0 Å². The predicted molar refractivity (Wildman–Crippen MR) is 88.1 cm³/mol. The lowest BCUT2D eigenvalue weighted by Gasteiger charge is -2.63. The third-order valence-electron chi connectivity index (χ3n) is 7.73. The Morgan fingerprint density at radius 3 is 2.74 bits per heavy atom. The number of allylic oxidation sites excluding steroid dienone is 1. The minimum absolute atomic E-state index is 0.237. The molecule has 7 heteroatoms. The molecule has 8 atom stereocenters. The van der Waals surface area contributed by atoms with Gasteiger partial charge in [-0.15, -0.1) is 0 Å². The fraction of sp³-hybridized carbons (Fsp3) is 0.600. The number of hydrogen-bond donors (Lipinski definition) is 1. The fourth-order valence-electron chi connectivity index (χ4n) is 6.40. The lowest BCUT2D eigenvalue weighted by molar-refractivity contribution is -0.258. The van der Waals surface area contributed by atoms with Crippen molar-refractivity contribution in [3.05, 3.63) is 35.8 Å². The van der Waals surface area contributed by atoms with Crippen LogP contribution in [0.1, 0.15) is 38.4 Å². The van der Waals surface area contributed by atoms with Gasteiger partial charge >= 0.3 is 11.9 Å². The second-order valence-corrected chi connectivity index (χ2v) is 8.95. The van der Waals surface area contributed by atoms with E-state index in [1.807, 2.05) is 19.9 Å². The Kier molecular flexibility index (Phi) is 2.63. The molecular weight excluding hydrogens is 352 g/mol. The summed E-state index contributed by atoms with van der Waals surface area (Å²) in [5.41, 5.74) is -1.65. The molecule has 4 saturated heterocycles. The number of epoxide rings is 1. The minimum atomic E-state index is -1.69. The highest BCUT2D eigenvalue weighted by molar-refractivity contribution is 5.92. The molecule has 142 valence electrons. The predicted octanol–water partition coefficient (Wildman–Crippen LogP) is 1.66. The Morgan fingerprint density at radius 2 is 2.00 bits per heavy atom. The van der Waals surface area contributed by atoms with Crippen molar-refractivity contribution in [2.45, 2.75) is 56.7 Å². The molecule has 2 aliphatic carbocycles. The summed E-state index contributed by atoms with van der Waals surface area (Å²) < 4.78 is 22.2. The summed E-state index contributed by atoms with van der Waals surface area (Å²) in [5.74, 6) is -1.20. The first-order valence-electron chi connectivity index (χ1n) is 9.33. The van der Waals surface area contributed by atoms with Crippen molar-refractivity contribution in [2.75, 3.05) is 0 Å². The molecule has 1 aromatic heterocycles. The standard InChI is InChI=1S/C20H20O7/c1-18-7-11(9-4-6-24-8-9)25-16(21)10(18)3-5-19(2)14(18)12-13-15(26-13)20(19,23)17(22)27-12/h3-4,6,8,11-15,23H,5,7H2,1-2H3/t11-,12-,13+,14+,15+,18-,19-,20+/m1/s1. The third kappa shape index (κ3) is 1.59. The van der Waals surface area contributed by atoms with Gasteiger partial charge in [-0.05, 0) is 18.9 Å². The topological polar surface area (TPSA) is 98.5 Å². The molecule has 6 aliphatic rings. The van der Waals surface area contributed by atoms with Crippen molar-refractivity contribution >= 4 is 11.9 Å². The van der Waals surface area contributed by atoms with Gasteiger partial charge in [0.25, 0.3) is 0 Å². The zero-order valence-electron chi connectivity index (χ0n) is 15.0. The fourth-order valence-corrected chi connectivity index (χ4v) is 6.40. The van der Waals surface area contributed by atoms with E-state index in [9.17, 15) is 14.7 Å². The smallest absolute Gasteiger partial charge is 0.342 e. The summed E-state index contributed by atoms with van der Waals surface area (Å²) in [6.45, 7) is 3.94. The molecule has 4 aliphatic heterocycles. The van der Waals surface area contributed by atoms with Crippen molar-refractivity contribution in [3.63, 3.8) is 0 Å². The van der Waals surface area contributed by atoms with Crippen LogP contribution in [0.4, 0.5) is 0 Å². The molecular formula is C20H20O7. The van der Waals surface area contributed by atoms with Gasteiger partial charge in [-0.3, -0.25) is 0 Å². The van der Waals surface area contributed by atoms with E-state index in [0.29, 0.717) is 18.4 Å². The normalized spacial score (nSPS) is 52.1. The highest BCUT2D eigenvalue weighted by Gasteiger charge is 2.83. The van der Waals surface area contributed by atoms with Crippen LogP contribution in [0, 0.1) is 16.7 Å². The molecule has 7 nitrogen and oxygen atoms in total. The SMILES string of the molecule is C[C@@]12C[C@H](c3ccoc3)OC(=O)C1=CC[C@]1(C)[C@H]2[C@@H]2OC(=O)[C@@]1(O)[C@H]1O[C@@H]21. The lowest BCUT2D eigenvalue weighted by atomic mass is 9.43. The molecule has 2 bridgehead atoms. The van der Waals surface area contributed by atoms with Gasteiger partial charge in [0, 0.05) is 27.9 Å². The van der Waals surface area contributed by atoms with E-state index < -0.39 is 40.7 Å². The number of carbonyl (C=O) groups is 2. The summed E-state index contributed by atoms with van der Waals surface area (Å²) >= 11 is 0. The zero-order valence-corrected chi connectivity index (χ0v) is 15.0. The van der Waals surface area contributed by atoms with E-state index in [1.54, 1.807) is 18.6 Å². The number of hydrogen-bond acceptors (Lipinski definition) is 7. The first-order valence-corrected chi connectivity index (χ1v) is 9.33. The molecule has 5 fully saturated rings. The van der Waals surface area contributed by atoms with Gasteiger partial charge < -0.3 is 23.7 Å². The number of fused-ring (bicyclic) bond motifs is 2. The zero-order chi connectivity index (χ0) is 18.8. The van der Waals surface area contributed by atoms with Crippen LogP contribution >= 0.6 is 0 Å². The second-order valence-electron chi connectivity index (χ2n) is 8.95. The van der Waals surface area contributed by atoms with Crippen LogP contribution in [0.2, 0.25) is 0 Å². The van der Waals surface area contributed by atoms with Gasteiger partial charge in [0.2, 0.25) is 0 Å². The van der Waals surface area contributed by atoms with Crippen molar-refractivity contribution in [1.82, 2.24) is 0 Å². The molecule has 0 amide bonds. The summed E-state index contributed by atoms with van der Waals surface area (Å²) in [6, 6.07) is 1.79. The minimum Gasteiger partial charge on any atom is -0.472 e. The molecule has 0 unspecified atom stereocenters. The molecule has 0 aromatic carbocycles. The Balaban J connectivity index is 1.51. The molecule has 7 rings (SSSR count). The average molecular weight is 372 g/mol. The molecule has 27 heavy (non-hydrogen) atoms. The van der Waals surface area contributed by atoms with Gasteiger partial charge in [0.1, 0.15) is 24.4 Å². The van der Waals surface area contributed by atoms with Gasteiger partial charge in [-0.2, -0.15) is 0 Å². The number of esters is 2. The van der Waals surface area contributed by atoms with Crippen molar-refractivity contribution in [1.29, 1.82) is 0 Å². The largest absolute Gasteiger partial charge is 0.472 e. The number of ether oxygens (including phenoxy) is 3. The van der Waals surface area contributed by atoms with Crippen LogP contribution in [0.5, 0.6) is 0 Å². The van der Waals surface area contributed by atoms with E-state index in [2.05, 4.69) is 0 Å². The maximum Gasteiger partial charge on any atom is 0.342 e. The first kappa shape index (κ1) is 15.9. The maximum atomic E-state index is 12.8.